The molecule has 3 aromatic rings. The normalized spacial score (nSPS) is 13.9. The Balaban J connectivity index is 1.63. The van der Waals surface area contributed by atoms with Crippen molar-refractivity contribution in [3.63, 3.8) is 0 Å². The minimum atomic E-state index is -1.20. The molecule has 1 aromatic heterocycles. The number of aromatic carboxylic acids is 1. The van der Waals surface area contributed by atoms with E-state index in [-0.39, 0.29) is 16.6 Å². The van der Waals surface area contributed by atoms with Crippen molar-refractivity contribution in [3.05, 3.63) is 58.7 Å². The van der Waals surface area contributed by atoms with E-state index in [9.17, 15) is 14.7 Å². The third-order valence-electron chi connectivity index (χ3n) is 5.87. The fraction of sp³-hybridized carbons (Fsp3) is 0.320. The van der Waals surface area contributed by atoms with Gasteiger partial charge in [0.25, 0.3) is 5.91 Å². The number of morpholine rings is 1. The van der Waals surface area contributed by atoms with Gasteiger partial charge < -0.3 is 24.6 Å². The first kappa shape index (κ1) is 25.5. The average molecular weight is 515 g/mol. The van der Waals surface area contributed by atoms with Gasteiger partial charge in [-0.05, 0) is 36.4 Å². The van der Waals surface area contributed by atoms with Crippen LogP contribution in [0.5, 0.6) is 11.5 Å². The molecule has 190 valence electrons. The van der Waals surface area contributed by atoms with Gasteiger partial charge in [-0.1, -0.05) is 17.7 Å². The van der Waals surface area contributed by atoms with Gasteiger partial charge in [0, 0.05) is 31.7 Å². The highest BCUT2D eigenvalue weighted by atomic mass is 35.5. The molecule has 1 fully saturated rings. The van der Waals surface area contributed by atoms with Gasteiger partial charge in [0.1, 0.15) is 11.5 Å². The molecule has 2 aromatic carbocycles. The van der Waals surface area contributed by atoms with Crippen molar-refractivity contribution in [2.75, 3.05) is 53.6 Å². The first-order chi connectivity index (χ1) is 17.4. The lowest BCUT2D eigenvalue weighted by atomic mass is 10.1. The second kappa shape index (κ2) is 11.4. The molecule has 0 spiro atoms. The van der Waals surface area contributed by atoms with Crippen LogP contribution in [-0.4, -0.2) is 85.3 Å². The number of carboxylic acid groups (broad SMARTS) is 1. The van der Waals surface area contributed by atoms with Crippen LogP contribution in [0.1, 0.15) is 20.8 Å². The molecular weight excluding hydrogens is 488 g/mol. The minimum Gasteiger partial charge on any atom is -0.496 e. The topological polar surface area (TPSA) is 115 Å². The summed E-state index contributed by atoms with van der Waals surface area (Å²) in [5.41, 5.74) is 1.53. The number of benzene rings is 2. The highest BCUT2D eigenvalue weighted by Gasteiger charge is 2.23. The van der Waals surface area contributed by atoms with Crippen molar-refractivity contribution in [2.45, 2.75) is 0 Å². The van der Waals surface area contributed by atoms with Gasteiger partial charge in [0.2, 0.25) is 0 Å². The fourth-order valence-corrected chi connectivity index (χ4v) is 4.29. The maximum atomic E-state index is 12.7. The van der Waals surface area contributed by atoms with E-state index in [1.54, 1.807) is 30.3 Å². The number of rotatable bonds is 9. The van der Waals surface area contributed by atoms with E-state index >= 15 is 0 Å². The predicted molar refractivity (Wildman–Crippen MR) is 134 cm³/mol. The standard InChI is InChI=1S/C25H27ClN4O6/c1-34-21-4-3-5-22(35-2)23(21)20-15-18(25(32)33)28-30(20)19-7-6-16(14-17(19)26)24(31)27-8-9-29-10-12-36-13-11-29/h3-7,14-15H,8-13H2,1-2H3,(H,27,31)(H,32,33). The van der Waals surface area contributed by atoms with Crippen LogP contribution in [0.4, 0.5) is 0 Å². The Labute approximate surface area is 213 Å². The average Bonchev–Trinajstić information content (AvgIpc) is 3.33. The number of carbonyl (C=O) groups is 2. The number of amides is 1. The molecule has 0 aliphatic carbocycles. The van der Waals surface area contributed by atoms with E-state index in [4.69, 9.17) is 25.8 Å². The van der Waals surface area contributed by atoms with E-state index in [0.29, 0.717) is 53.8 Å². The number of halogens is 1. The van der Waals surface area contributed by atoms with E-state index in [1.165, 1.54) is 31.0 Å². The van der Waals surface area contributed by atoms with Crippen molar-refractivity contribution in [1.29, 1.82) is 0 Å². The van der Waals surface area contributed by atoms with Crippen LogP contribution in [0.3, 0.4) is 0 Å². The molecule has 0 bridgehead atoms. The third-order valence-corrected chi connectivity index (χ3v) is 6.17. The molecule has 0 unspecified atom stereocenters. The third kappa shape index (κ3) is 5.46. The fourth-order valence-electron chi connectivity index (χ4n) is 4.03. The Kier molecular flexibility index (Phi) is 8.09. The summed E-state index contributed by atoms with van der Waals surface area (Å²) >= 11 is 6.59. The van der Waals surface area contributed by atoms with Crippen molar-refractivity contribution in [2.24, 2.45) is 0 Å². The van der Waals surface area contributed by atoms with E-state index in [0.717, 1.165) is 19.6 Å². The SMILES string of the molecule is COc1cccc(OC)c1-c1cc(C(=O)O)nn1-c1ccc(C(=O)NCCN2CCOCC2)cc1Cl. The molecule has 36 heavy (non-hydrogen) atoms. The molecular formula is C25H27ClN4O6. The Morgan fingerprint density at radius 1 is 1.11 bits per heavy atom. The quantitative estimate of drug-likeness (QED) is 0.448. The van der Waals surface area contributed by atoms with Crippen LogP contribution >= 0.6 is 11.6 Å². The minimum absolute atomic E-state index is 0.182. The Hall–Kier alpha value is -3.60. The highest BCUT2D eigenvalue weighted by Crippen LogP contribution is 2.40. The van der Waals surface area contributed by atoms with Crippen LogP contribution < -0.4 is 14.8 Å². The zero-order valence-electron chi connectivity index (χ0n) is 20.0. The number of ether oxygens (including phenoxy) is 3. The maximum Gasteiger partial charge on any atom is 0.356 e. The Bertz CT molecular complexity index is 1230. The van der Waals surface area contributed by atoms with Gasteiger partial charge in [-0.3, -0.25) is 9.69 Å². The van der Waals surface area contributed by atoms with Crippen LogP contribution in [-0.2, 0) is 4.74 Å². The van der Waals surface area contributed by atoms with Crippen LogP contribution in [0.15, 0.2) is 42.5 Å². The van der Waals surface area contributed by atoms with Crippen LogP contribution in [0.2, 0.25) is 5.02 Å². The number of hydrogen-bond donors (Lipinski definition) is 2. The van der Waals surface area contributed by atoms with E-state index < -0.39 is 5.97 Å². The van der Waals surface area contributed by atoms with Gasteiger partial charge in [-0.25, -0.2) is 9.48 Å². The molecule has 4 rings (SSSR count). The molecule has 10 nitrogen and oxygen atoms in total. The number of carbonyl (C=O) groups excluding carboxylic acids is 1. The lowest BCUT2D eigenvalue weighted by Crippen LogP contribution is -2.41. The number of nitrogens with one attached hydrogen (secondary N) is 1. The Morgan fingerprint density at radius 3 is 2.42 bits per heavy atom. The van der Waals surface area contributed by atoms with Gasteiger partial charge in [-0.2, -0.15) is 5.10 Å². The summed E-state index contributed by atoms with van der Waals surface area (Å²) in [5.74, 6) is -0.508. The lowest BCUT2D eigenvalue weighted by Gasteiger charge is -2.26. The van der Waals surface area contributed by atoms with Crippen molar-refractivity contribution >= 4 is 23.5 Å². The van der Waals surface area contributed by atoms with E-state index in [2.05, 4.69) is 15.3 Å². The summed E-state index contributed by atoms with van der Waals surface area (Å²) in [4.78, 5) is 26.7. The van der Waals surface area contributed by atoms with Gasteiger partial charge >= 0.3 is 5.97 Å². The zero-order chi connectivity index (χ0) is 25.7. The number of methoxy groups -OCH3 is 2. The lowest BCUT2D eigenvalue weighted by molar-refractivity contribution is 0.0383. The first-order valence-corrected chi connectivity index (χ1v) is 11.7. The number of nitrogens with zero attached hydrogens (tertiary/aromatic N) is 3. The van der Waals surface area contributed by atoms with Gasteiger partial charge in [0.05, 0.1) is 49.4 Å². The molecule has 0 saturated carbocycles. The second-order valence-corrected chi connectivity index (χ2v) is 8.45. The van der Waals surface area contributed by atoms with E-state index in [1.807, 2.05) is 0 Å². The first-order valence-electron chi connectivity index (χ1n) is 11.4. The highest BCUT2D eigenvalue weighted by molar-refractivity contribution is 6.32. The van der Waals surface area contributed by atoms with Crippen LogP contribution in [0.25, 0.3) is 16.9 Å². The zero-order valence-corrected chi connectivity index (χ0v) is 20.7. The molecule has 1 saturated heterocycles. The molecule has 0 atom stereocenters. The van der Waals surface area contributed by atoms with Crippen LogP contribution in [0, 0.1) is 0 Å². The van der Waals surface area contributed by atoms with Gasteiger partial charge in [-0.15, -0.1) is 0 Å². The molecule has 1 amide bonds. The Morgan fingerprint density at radius 2 is 1.81 bits per heavy atom. The van der Waals surface area contributed by atoms with Crippen molar-refractivity contribution in [3.8, 4) is 28.4 Å². The molecule has 2 heterocycles. The molecule has 0 radical (unpaired) electrons. The molecule has 2 N–H and O–H groups in total. The summed E-state index contributed by atoms with van der Waals surface area (Å²) in [5, 5.41) is 17.0. The van der Waals surface area contributed by atoms with Crippen molar-refractivity contribution < 1.29 is 28.9 Å². The molecule has 11 heteroatoms. The summed E-state index contributed by atoms with van der Waals surface area (Å²) < 4.78 is 17.7. The number of carboxylic acids is 1. The largest absolute Gasteiger partial charge is 0.496 e. The smallest absolute Gasteiger partial charge is 0.356 e. The molecule has 1 aliphatic rings. The van der Waals surface area contributed by atoms with Gasteiger partial charge in [0.15, 0.2) is 5.69 Å². The maximum absolute atomic E-state index is 12.7. The second-order valence-electron chi connectivity index (χ2n) is 8.05. The summed E-state index contributed by atoms with van der Waals surface area (Å²) in [6.45, 7) is 4.32. The monoisotopic (exact) mass is 514 g/mol. The molecule has 1 aliphatic heterocycles. The predicted octanol–water partition coefficient (Wildman–Crippen LogP) is 2.97. The summed E-state index contributed by atoms with van der Waals surface area (Å²) in [6, 6.07) is 11.4. The van der Waals surface area contributed by atoms with Crippen molar-refractivity contribution in [1.82, 2.24) is 20.0 Å². The number of hydrogen-bond acceptors (Lipinski definition) is 7. The summed E-state index contributed by atoms with van der Waals surface area (Å²) in [7, 11) is 3.02. The summed E-state index contributed by atoms with van der Waals surface area (Å²) in [6.07, 6.45) is 0. The number of aromatic nitrogens is 2.